The summed E-state index contributed by atoms with van der Waals surface area (Å²) >= 11 is 0. The topological polar surface area (TPSA) is 23.5 Å². The fourth-order valence-corrected chi connectivity index (χ4v) is 2.63. The Balaban J connectivity index is 1.93. The molecule has 0 bridgehead atoms. The highest BCUT2D eigenvalue weighted by Gasteiger charge is 2.31. The Bertz CT molecular complexity index is 369. The van der Waals surface area contributed by atoms with E-state index >= 15 is 0 Å². The average molecular weight is 233 g/mol. The Kier molecular flexibility index (Phi) is 3.43. The highest BCUT2D eigenvalue weighted by Crippen LogP contribution is 2.30. The molecule has 1 atom stereocenters. The van der Waals surface area contributed by atoms with Crippen LogP contribution < -0.4 is 0 Å². The number of aromatic hydroxyl groups is 1. The molecule has 1 aliphatic heterocycles. The second-order valence-corrected chi connectivity index (χ2v) is 6.10. The molecule has 1 fully saturated rings. The number of phenolic OH excluding ortho intramolecular Hbond substituents is 1. The first-order valence-corrected chi connectivity index (χ1v) is 6.48. The summed E-state index contributed by atoms with van der Waals surface area (Å²) in [4.78, 5) is 2.58. The molecule has 17 heavy (non-hydrogen) atoms. The standard InChI is InChI=1S/C15H23NO/c1-12(16-9-8-15(2,3)11-16)10-13-4-6-14(17)7-5-13/h4-7,12,17H,8-11H2,1-3H3. The summed E-state index contributed by atoms with van der Waals surface area (Å²) in [6, 6.07) is 8.17. The fraction of sp³-hybridized carbons (Fsp3) is 0.600. The molecule has 2 heteroatoms. The van der Waals surface area contributed by atoms with Crippen LogP contribution in [0.25, 0.3) is 0 Å². The van der Waals surface area contributed by atoms with Crippen molar-refractivity contribution in [1.82, 2.24) is 4.90 Å². The number of hydrogen-bond acceptors (Lipinski definition) is 2. The van der Waals surface area contributed by atoms with E-state index in [1.54, 1.807) is 12.1 Å². The highest BCUT2D eigenvalue weighted by atomic mass is 16.3. The maximum Gasteiger partial charge on any atom is 0.115 e. The lowest BCUT2D eigenvalue weighted by molar-refractivity contribution is 0.229. The summed E-state index contributed by atoms with van der Waals surface area (Å²) in [5, 5.41) is 9.26. The molecule has 0 amide bonds. The number of hydrogen-bond donors (Lipinski definition) is 1. The Morgan fingerprint density at radius 2 is 1.94 bits per heavy atom. The molecule has 1 unspecified atom stereocenters. The van der Waals surface area contributed by atoms with Gasteiger partial charge in [-0.25, -0.2) is 0 Å². The van der Waals surface area contributed by atoms with Crippen molar-refractivity contribution in [3.8, 4) is 5.75 Å². The van der Waals surface area contributed by atoms with Crippen LogP contribution >= 0.6 is 0 Å². The third-order valence-electron chi connectivity index (χ3n) is 3.80. The van der Waals surface area contributed by atoms with Crippen molar-refractivity contribution in [1.29, 1.82) is 0 Å². The SMILES string of the molecule is CC(Cc1ccc(O)cc1)N1CCC(C)(C)C1. The van der Waals surface area contributed by atoms with Crippen molar-refractivity contribution in [3.05, 3.63) is 29.8 Å². The van der Waals surface area contributed by atoms with Crippen molar-refractivity contribution in [2.45, 2.75) is 39.7 Å². The van der Waals surface area contributed by atoms with Gasteiger partial charge in [-0.05, 0) is 49.4 Å². The maximum absolute atomic E-state index is 9.26. The van der Waals surface area contributed by atoms with Crippen LogP contribution in [0.5, 0.6) is 5.75 Å². The minimum atomic E-state index is 0.351. The highest BCUT2D eigenvalue weighted by molar-refractivity contribution is 5.26. The fourth-order valence-electron chi connectivity index (χ4n) is 2.63. The van der Waals surface area contributed by atoms with Gasteiger partial charge < -0.3 is 5.11 Å². The lowest BCUT2D eigenvalue weighted by atomic mass is 9.93. The summed E-state index contributed by atoms with van der Waals surface area (Å²) < 4.78 is 0. The lowest BCUT2D eigenvalue weighted by Gasteiger charge is -2.26. The zero-order valence-corrected chi connectivity index (χ0v) is 11.1. The van der Waals surface area contributed by atoms with Gasteiger partial charge in [0.05, 0.1) is 0 Å². The summed E-state index contributed by atoms with van der Waals surface area (Å²) in [5.74, 6) is 0.351. The van der Waals surface area contributed by atoms with Gasteiger partial charge in [-0.3, -0.25) is 4.90 Å². The van der Waals surface area contributed by atoms with Crippen molar-refractivity contribution in [3.63, 3.8) is 0 Å². The summed E-state index contributed by atoms with van der Waals surface area (Å²) in [7, 11) is 0. The first kappa shape index (κ1) is 12.4. The van der Waals surface area contributed by atoms with E-state index < -0.39 is 0 Å². The molecular weight excluding hydrogens is 210 g/mol. The third kappa shape index (κ3) is 3.22. The maximum atomic E-state index is 9.26. The smallest absolute Gasteiger partial charge is 0.115 e. The monoisotopic (exact) mass is 233 g/mol. The van der Waals surface area contributed by atoms with E-state index in [9.17, 15) is 5.11 Å². The van der Waals surface area contributed by atoms with Crippen molar-refractivity contribution >= 4 is 0 Å². The Morgan fingerprint density at radius 3 is 2.47 bits per heavy atom. The van der Waals surface area contributed by atoms with Gasteiger partial charge in [0.15, 0.2) is 0 Å². The van der Waals surface area contributed by atoms with E-state index in [-0.39, 0.29) is 0 Å². The molecule has 0 saturated carbocycles. The molecule has 1 N–H and O–H groups in total. The van der Waals surface area contributed by atoms with Gasteiger partial charge in [0.1, 0.15) is 5.75 Å². The zero-order chi connectivity index (χ0) is 12.5. The van der Waals surface area contributed by atoms with Gasteiger partial charge in [-0.15, -0.1) is 0 Å². The number of phenols is 1. The van der Waals surface area contributed by atoms with Crippen LogP contribution in [0.15, 0.2) is 24.3 Å². The summed E-state index contributed by atoms with van der Waals surface area (Å²) in [5.41, 5.74) is 1.78. The number of nitrogens with zero attached hydrogens (tertiary/aromatic N) is 1. The van der Waals surface area contributed by atoms with Crippen LogP contribution in [-0.4, -0.2) is 29.1 Å². The van der Waals surface area contributed by atoms with Gasteiger partial charge >= 0.3 is 0 Å². The van der Waals surface area contributed by atoms with Crippen LogP contribution in [0.3, 0.4) is 0 Å². The summed E-state index contributed by atoms with van der Waals surface area (Å²) in [6.07, 6.45) is 2.36. The Hall–Kier alpha value is -1.02. The molecular formula is C15H23NO. The zero-order valence-electron chi connectivity index (χ0n) is 11.1. The van der Waals surface area contributed by atoms with E-state index in [0.717, 1.165) is 6.42 Å². The van der Waals surface area contributed by atoms with Gasteiger partial charge in [0, 0.05) is 12.6 Å². The molecule has 1 aromatic rings. The Labute approximate surface area is 104 Å². The minimum Gasteiger partial charge on any atom is -0.508 e. The molecule has 0 aromatic heterocycles. The number of rotatable bonds is 3. The molecule has 94 valence electrons. The quantitative estimate of drug-likeness (QED) is 0.867. The largest absolute Gasteiger partial charge is 0.508 e. The van der Waals surface area contributed by atoms with Crippen LogP contribution in [0.2, 0.25) is 0 Å². The van der Waals surface area contributed by atoms with Crippen molar-refractivity contribution in [2.75, 3.05) is 13.1 Å². The molecule has 1 heterocycles. The lowest BCUT2D eigenvalue weighted by Crippen LogP contribution is -2.33. The molecule has 1 aromatic carbocycles. The van der Waals surface area contributed by atoms with E-state index in [1.807, 2.05) is 12.1 Å². The second kappa shape index (κ2) is 4.69. The van der Waals surface area contributed by atoms with Crippen LogP contribution in [-0.2, 0) is 6.42 Å². The molecule has 0 radical (unpaired) electrons. The van der Waals surface area contributed by atoms with Crippen LogP contribution in [0, 0.1) is 5.41 Å². The predicted molar refractivity (Wildman–Crippen MR) is 71.2 cm³/mol. The third-order valence-corrected chi connectivity index (χ3v) is 3.80. The van der Waals surface area contributed by atoms with E-state index in [0.29, 0.717) is 17.2 Å². The first-order valence-electron chi connectivity index (χ1n) is 6.48. The van der Waals surface area contributed by atoms with E-state index in [2.05, 4.69) is 25.7 Å². The van der Waals surface area contributed by atoms with E-state index in [4.69, 9.17) is 0 Å². The van der Waals surface area contributed by atoms with Crippen molar-refractivity contribution in [2.24, 2.45) is 5.41 Å². The van der Waals surface area contributed by atoms with Gasteiger partial charge in [0.25, 0.3) is 0 Å². The molecule has 1 aliphatic rings. The molecule has 1 saturated heterocycles. The molecule has 0 aliphatic carbocycles. The molecule has 2 nitrogen and oxygen atoms in total. The molecule has 0 spiro atoms. The van der Waals surface area contributed by atoms with Crippen LogP contribution in [0.4, 0.5) is 0 Å². The van der Waals surface area contributed by atoms with Crippen LogP contribution in [0.1, 0.15) is 32.8 Å². The normalized spacial score (nSPS) is 21.6. The van der Waals surface area contributed by atoms with Gasteiger partial charge in [0.2, 0.25) is 0 Å². The average Bonchev–Trinajstić information content (AvgIpc) is 2.62. The second-order valence-electron chi connectivity index (χ2n) is 6.10. The van der Waals surface area contributed by atoms with Gasteiger partial charge in [-0.1, -0.05) is 26.0 Å². The minimum absolute atomic E-state index is 0.351. The predicted octanol–water partition coefficient (Wildman–Crippen LogP) is 3.06. The van der Waals surface area contributed by atoms with E-state index in [1.165, 1.54) is 25.1 Å². The van der Waals surface area contributed by atoms with Crippen molar-refractivity contribution < 1.29 is 5.11 Å². The van der Waals surface area contributed by atoms with Gasteiger partial charge in [-0.2, -0.15) is 0 Å². The number of benzene rings is 1. The molecule has 2 rings (SSSR count). The summed E-state index contributed by atoms with van der Waals surface area (Å²) in [6.45, 7) is 9.41. The number of likely N-dealkylation sites (tertiary alicyclic amines) is 1. The first-order chi connectivity index (χ1) is 7.96. The Morgan fingerprint density at radius 1 is 1.29 bits per heavy atom.